The number of aliphatic hydroxyl groups excluding tert-OH is 1. The topological polar surface area (TPSA) is 80.9 Å². The number of phenols is 1. The number of hydrogen-bond donors (Lipinski definition) is 4. The number of allylic oxidation sites excluding steroid dienone is 2. The van der Waals surface area contributed by atoms with Gasteiger partial charge in [-0.15, -0.1) is 0 Å². The standard InChI is InChI=1S/C21H26O4/c1-18(2)16-11-21(24,25)17(23)10-15(16)20(19(18,3)4)8-7-12-5-6-13(22)9-14(12)20/h5-6,9-11,17,22-25H,7-8H2,1-4H3. The van der Waals surface area contributed by atoms with Gasteiger partial charge < -0.3 is 20.4 Å². The van der Waals surface area contributed by atoms with Crippen molar-refractivity contribution >= 4 is 0 Å². The van der Waals surface area contributed by atoms with E-state index < -0.39 is 11.9 Å². The molecule has 0 bridgehead atoms. The number of hydrogen-bond acceptors (Lipinski definition) is 4. The molecule has 3 aliphatic rings. The maximum atomic E-state index is 10.3. The molecule has 1 fully saturated rings. The SMILES string of the molecule is CC1(C)C2=CC(O)(O)C(O)C=C2C2(CCc3ccc(O)cc32)C1(C)C. The Kier molecular flexibility index (Phi) is 3.07. The lowest BCUT2D eigenvalue weighted by Gasteiger charge is -2.46. The number of aromatic hydroxyl groups is 1. The minimum absolute atomic E-state index is 0.238. The normalized spacial score (nSPS) is 33.6. The molecular weight excluding hydrogens is 316 g/mol. The summed E-state index contributed by atoms with van der Waals surface area (Å²) in [6, 6.07) is 5.54. The van der Waals surface area contributed by atoms with E-state index in [4.69, 9.17) is 0 Å². The van der Waals surface area contributed by atoms with Gasteiger partial charge in [0.1, 0.15) is 11.9 Å². The molecule has 0 saturated heterocycles. The van der Waals surface area contributed by atoms with E-state index in [2.05, 4.69) is 27.7 Å². The maximum Gasteiger partial charge on any atom is 0.214 e. The molecule has 4 nitrogen and oxygen atoms in total. The van der Waals surface area contributed by atoms with Crippen LogP contribution in [0.4, 0.5) is 0 Å². The fraction of sp³-hybridized carbons (Fsp3) is 0.524. The van der Waals surface area contributed by atoms with Crippen LogP contribution in [0.2, 0.25) is 0 Å². The minimum atomic E-state index is -2.25. The van der Waals surface area contributed by atoms with E-state index in [0.29, 0.717) is 0 Å². The molecule has 0 radical (unpaired) electrons. The van der Waals surface area contributed by atoms with E-state index >= 15 is 0 Å². The molecule has 4 rings (SSSR count). The smallest absolute Gasteiger partial charge is 0.214 e. The van der Waals surface area contributed by atoms with Crippen LogP contribution in [0.3, 0.4) is 0 Å². The Morgan fingerprint density at radius 2 is 1.72 bits per heavy atom. The van der Waals surface area contributed by atoms with Crippen LogP contribution in [0.15, 0.2) is 41.5 Å². The zero-order chi connectivity index (χ0) is 18.4. The van der Waals surface area contributed by atoms with Gasteiger partial charge in [-0.05, 0) is 70.2 Å². The number of benzene rings is 1. The van der Waals surface area contributed by atoms with Crippen molar-refractivity contribution in [3.05, 3.63) is 52.6 Å². The van der Waals surface area contributed by atoms with E-state index in [0.717, 1.165) is 29.6 Å². The highest BCUT2D eigenvalue weighted by Gasteiger charge is 2.67. The monoisotopic (exact) mass is 342 g/mol. The van der Waals surface area contributed by atoms with Gasteiger partial charge in [0.25, 0.3) is 0 Å². The average Bonchev–Trinajstić information content (AvgIpc) is 2.93. The summed E-state index contributed by atoms with van der Waals surface area (Å²) in [5, 5.41) is 40.8. The molecule has 0 heterocycles. The summed E-state index contributed by atoms with van der Waals surface area (Å²) in [7, 11) is 0. The van der Waals surface area contributed by atoms with Gasteiger partial charge >= 0.3 is 0 Å². The average molecular weight is 342 g/mol. The molecule has 4 N–H and O–H groups in total. The van der Waals surface area contributed by atoms with Crippen molar-refractivity contribution in [2.45, 2.75) is 57.8 Å². The quantitative estimate of drug-likeness (QED) is 0.546. The second-order valence-electron chi connectivity index (χ2n) is 8.86. The van der Waals surface area contributed by atoms with Gasteiger partial charge in [0.05, 0.1) is 0 Å². The van der Waals surface area contributed by atoms with E-state index in [1.165, 1.54) is 11.6 Å². The van der Waals surface area contributed by atoms with Crippen molar-refractivity contribution in [1.82, 2.24) is 0 Å². The predicted molar refractivity (Wildman–Crippen MR) is 95.0 cm³/mol. The molecule has 2 unspecified atom stereocenters. The van der Waals surface area contributed by atoms with Crippen LogP contribution in [-0.2, 0) is 11.8 Å². The highest BCUT2D eigenvalue weighted by Crippen LogP contribution is 2.72. The molecular formula is C21H26O4. The Balaban J connectivity index is 2.06. The van der Waals surface area contributed by atoms with E-state index in [1.807, 2.05) is 12.1 Å². The van der Waals surface area contributed by atoms with E-state index in [-0.39, 0.29) is 22.0 Å². The third kappa shape index (κ3) is 1.77. The number of aliphatic hydroxyl groups is 3. The molecule has 0 aliphatic heterocycles. The van der Waals surface area contributed by atoms with Crippen LogP contribution in [0.1, 0.15) is 45.2 Å². The van der Waals surface area contributed by atoms with Crippen LogP contribution in [0.25, 0.3) is 0 Å². The van der Waals surface area contributed by atoms with Crippen molar-refractivity contribution in [3.63, 3.8) is 0 Å². The number of rotatable bonds is 0. The first-order chi connectivity index (χ1) is 11.4. The molecule has 1 spiro atoms. The lowest BCUT2D eigenvalue weighted by atomic mass is 9.56. The van der Waals surface area contributed by atoms with E-state index in [9.17, 15) is 20.4 Å². The van der Waals surface area contributed by atoms with Gasteiger partial charge in [-0.1, -0.05) is 33.8 Å². The Labute approximate surface area is 148 Å². The summed E-state index contributed by atoms with van der Waals surface area (Å²) < 4.78 is 0. The molecule has 134 valence electrons. The molecule has 1 aromatic carbocycles. The fourth-order valence-corrected chi connectivity index (χ4v) is 5.41. The lowest BCUT2D eigenvalue weighted by molar-refractivity contribution is -0.175. The zero-order valence-electron chi connectivity index (χ0n) is 15.2. The van der Waals surface area contributed by atoms with Crippen molar-refractivity contribution in [2.75, 3.05) is 0 Å². The first-order valence-corrected chi connectivity index (χ1v) is 8.86. The van der Waals surface area contributed by atoms with Gasteiger partial charge in [0.2, 0.25) is 5.79 Å². The third-order valence-electron chi connectivity index (χ3n) is 7.49. The summed E-state index contributed by atoms with van der Waals surface area (Å²) in [5.74, 6) is -2.01. The van der Waals surface area contributed by atoms with E-state index in [1.54, 1.807) is 12.1 Å². The van der Waals surface area contributed by atoms with Crippen LogP contribution >= 0.6 is 0 Å². The van der Waals surface area contributed by atoms with Crippen LogP contribution in [-0.4, -0.2) is 32.3 Å². The first kappa shape index (κ1) is 16.8. The highest BCUT2D eigenvalue weighted by atomic mass is 16.5. The highest BCUT2D eigenvalue weighted by molar-refractivity contribution is 5.64. The van der Waals surface area contributed by atoms with Gasteiger partial charge in [-0.2, -0.15) is 0 Å². The van der Waals surface area contributed by atoms with Gasteiger partial charge in [0.15, 0.2) is 0 Å². The number of phenolic OH excluding ortho intramolecular Hbond substituents is 1. The maximum absolute atomic E-state index is 10.3. The van der Waals surface area contributed by atoms with Crippen molar-refractivity contribution < 1.29 is 20.4 Å². The minimum Gasteiger partial charge on any atom is -0.508 e. The Hall–Kier alpha value is -1.62. The zero-order valence-corrected chi connectivity index (χ0v) is 15.2. The summed E-state index contributed by atoms with van der Waals surface area (Å²) >= 11 is 0. The molecule has 0 amide bonds. The second-order valence-corrected chi connectivity index (χ2v) is 8.86. The summed E-state index contributed by atoms with van der Waals surface area (Å²) in [6.07, 6.45) is 3.45. The van der Waals surface area contributed by atoms with Gasteiger partial charge in [-0.25, -0.2) is 0 Å². The van der Waals surface area contributed by atoms with Crippen molar-refractivity contribution in [2.24, 2.45) is 10.8 Å². The van der Waals surface area contributed by atoms with Crippen LogP contribution in [0.5, 0.6) is 5.75 Å². The summed E-state index contributed by atoms with van der Waals surface area (Å²) in [6.45, 7) is 8.65. The van der Waals surface area contributed by atoms with Crippen molar-refractivity contribution in [3.8, 4) is 5.75 Å². The number of aryl methyl sites for hydroxylation is 1. The number of fused-ring (bicyclic) bond motifs is 4. The Morgan fingerprint density at radius 1 is 1.04 bits per heavy atom. The Bertz CT molecular complexity index is 828. The fourth-order valence-electron chi connectivity index (χ4n) is 5.41. The lowest BCUT2D eigenvalue weighted by Crippen LogP contribution is -2.43. The molecule has 2 atom stereocenters. The van der Waals surface area contributed by atoms with Gasteiger partial charge in [0, 0.05) is 5.41 Å². The molecule has 4 heteroatoms. The molecule has 3 aliphatic carbocycles. The molecule has 25 heavy (non-hydrogen) atoms. The van der Waals surface area contributed by atoms with Crippen molar-refractivity contribution in [1.29, 1.82) is 0 Å². The molecule has 1 aromatic rings. The first-order valence-electron chi connectivity index (χ1n) is 8.86. The van der Waals surface area contributed by atoms with Crippen LogP contribution in [0, 0.1) is 10.8 Å². The predicted octanol–water partition coefficient (Wildman–Crippen LogP) is 2.55. The summed E-state index contributed by atoms with van der Waals surface area (Å²) in [4.78, 5) is 0. The largest absolute Gasteiger partial charge is 0.508 e. The molecule has 1 saturated carbocycles. The molecule has 0 aromatic heterocycles. The summed E-state index contributed by atoms with van der Waals surface area (Å²) in [5.41, 5.74) is 3.22. The third-order valence-corrected chi connectivity index (χ3v) is 7.49. The second kappa shape index (κ2) is 4.56. The Morgan fingerprint density at radius 3 is 2.40 bits per heavy atom. The van der Waals surface area contributed by atoms with Gasteiger partial charge in [-0.3, -0.25) is 0 Å². The van der Waals surface area contributed by atoms with Crippen LogP contribution < -0.4 is 0 Å².